The van der Waals surface area contributed by atoms with Crippen molar-refractivity contribution in [1.29, 1.82) is 0 Å². The van der Waals surface area contributed by atoms with Crippen molar-refractivity contribution in [1.82, 2.24) is 14.8 Å². The summed E-state index contributed by atoms with van der Waals surface area (Å²) in [6.07, 6.45) is 6.14. The third-order valence-electron chi connectivity index (χ3n) is 2.71. The first kappa shape index (κ1) is 13.5. The molecule has 0 fully saturated rings. The largest absolute Gasteiger partial charge is 0.489 e. The van der Waals surface area contributed by atoms with Gasteiger partial charge in [0.1, 0.15) is 11.9 Å². The fourth-order valence-electron chi connectivity index (χ4n) is 1.81. The molecule has 0 aromatic carbocycles. The first-order valence-corrected chi connectivity index (χ1v) is 6.42. The number of pyridine rings is 1. The summed E-state index contributed by atoms with van der Waals surface area (Å²) in [6, 6.07) is 1.81. The van der Waals surface area contributed by atoms with Crippen molar-refractivity contribution in [2.75, 3.05) is 0 Å². The van der Waals surface area contributed by atoms with Crippen LogP contribution < -0.4 is 4.74 Å². The van der Waals surface area contributed by atoms with Crippen LogP contribution in [0, 0.1) is 0 Å². The van der Waals surface area contributed by atoms with Crippen LogP contribution in [0.2, 0.25) is 0 Å². The second-order valence-corrected chi connectivity index (χ2v) is 4.65. The maximum atomic E-state index is 10.3. The first-order valence-electron chi connectivity index (χ1n) is 6.42. The second-order valence-electron chi connectivity index (χ2n) is 4.65. The minimum Gasteiger partial charge on any atom is -0.489 e. The van der Waals surface area contributed by atoms with E-state index in [1.54, 1.807) is 29.3 Å². The highest BCUT2D eigenvalue weighted by molar-refractivity contribution is 5.30. The zero-order valence-electron chi connectivity index (χ0n) is 11.4. The molecule has 0 spiro atoms. The molecule has 0 aliphatic carbocycles. The highest BCUT2D eigenvalue weighted by Crippen LogP contribution is 2.24. The molecule has 0 saturated carbocycles. The Kier molecular flexibility index (Phi) is 4.16. The standard InChI is InChI=1S/C14H19N3O2/c1-4-17-9-12(7-16-17)14(18)11-5-13(8-15-6-11)19-10(2)3/h5-10,14,18H,4H2,1-3H3. The molecule has 0 bridgehead atoms. The molecule has 0 saturated heterocycles. The van der Waals surface area contributed by atoms with Crippen molar-refractivity contribution in [3.63, 3.8) is 0 Å². The predicted octanol–water partition coefficient (Wildman–Crippen LogP) is 2.17. The summed E-state index contributed by atoms with van der Waals surface area (Å²) >= 11 is 0. The first-order chi connectivity index (χ1) is 9.10. The molecule has 2 heterocycles. The van der Waals surface area contributed by atoms with Gasteiger partial charge in [0.2, 0.25) is 0 Å². The molecule has 1 atom stereocenters. The number of ether oxygens (including phenoxy) is 1. The van der Waals surface area contributed by atoms with Gasteiger partial charge in [-0.3, -0.25) is 9.67 Å². The van der Waals surface area contributed by atoms with Crippen molar-refractivity contribution in [2.24, 2.45) is 0 Å². The van der Waals surface area contributed by atoms with Gasteiger partial charge in [-0.2, -0.15) is 5.10 Å². The van der Waals surface area contributed by atoms with Gasteiger partial charge >= 0.3 is 0 Å². The van der Waals surface area contributed by atoms with Crippen LogP contribution in [0.3, 0.4) is 0 Å². The fraction of sp³-hybridized carbons (Fsp3) is 0.429. The summed E-state index contributed by atoms with van der Waals surface area (Å²) in [5.74, 6) is 0.662. The SMILES string of the molecule is CCn1cc(C(O)c2cncc(OC(C)C)c2)cn1. The maximum absolute atomic E-state index is 10.3. The maximum Gasteiger partial charge on any atom is 0.138 e. The number of hydrogen-bond acceptors (Lipinski definition) is 4. The molecular formula is C14H19N3O2. The van der Waals surface area contributed by atoms with Gasteiger partial charge in [-0.05, 0) is 26.8 Å². The normalized spacial score (nSPS) is 12.7. The Morgan fingerprint density at radius 2 is 2.05 bits per heavy atom. The lowest BCUT2D eigenvalue weighted by molar-refractivity contribution is 0.215. The molecule has 2 aromatic rings. The summed E-state index contributed by atoms with van der Waals surface area (Å²) in [4.78, 5) is 4.10. The topological polar surface area (TPSA) is 60.2 Å². The van der Waals surface area contributed by atoms with E-state index in [1.807, 2.05) is 27.0 Å². The highest BCUT2D eigenvalue weighted by atomic mass is 16.5. The van der Waals surface area contributed by atoms with Gasteiger partial charge in [0.25, 0.3) is 0 Å². The summed E-state index contributed by atoms with van der Waals surface area (Å²) in [5, 5.41) is 14.5. The lowest BCUT2D eigenvalue weighted by Crippen LogP contribution is -2.07. The smallest absolute Gasteiger partial charge is 0.138 e. The van der Waals surface area contributed by atoms with E-state index in [0.29, 0.717) is 11.3 Å². The van der Waals surface area contributed by atoms with Gasteiger partial charge in [0.15, 0.2) is 0 Å². The van der Waals surface area contributed by atoms with Crippen molar-refractivity contribution in [2.45, 2.75) is 39.5 Å². The molecule has 0 aliphatic rings. The predicted molar refractivity (Wildman–Crippen MR) is 72.0 cm³/mol. The van der Waals surface area contributed by atoms with Crippen LogP contribution in [0.25, 0.3) is 0 Å². The molecule has 5 nitrogen and oxygen atoms in total. The molecule has 2 aromatic heterocycles. The van der Waals surface area contributed by atoms with Crippen LogP contribution in [0.5, 0.6) is 5.75 Å². The van der Waals surface area contributed by atoms with E-state index in [-0.39, 0.29) is 6.10 Å². The molecule has 0 amide bonds. The lowest BCUT2D eigenvalue weighted by Gasteiger charge is -2.12. The van der Waals surface area contributed by atoms with E-state index in [9.17, 15) is 5.11 Å². The molecule has 1 unspecified atom stereocenters. The number of nitrogens with zero attached hydrogens (tertiary/aromatic N) is 3. The van der Waals surface area contributed by atoms with Crippen molar-refractivity contribution in [3.8, 4) is 5.75 Å². The number of aliphatic hydroxyl groups excluding tert-OH is 1. The number of hydrogen-bond donors (Lipinski definition) is 1. The molecule has 0 radical (unpaired) electrons. The highest BCUT2D eigenvalue weighted by Gasteiger charge is 2.14. The molecule has 0 aliphatic heterocycles. The van der Waals surface area contributed by atoms with Gasteiger partial charge in [-0.15, -0.1) is 0 Å². The van der Waals surface area contributed by atoms with E-state index in [1.165, 1.54) is 0 Å². The molecule has 1 N–H and O–H groups in total. The van der Waals surface area contributed by atoms with Gasteiger partial charge < -0.3 is 9.84 Å². The Balaban J connectivity index is 2.20. The lowest BCUT2D eigenvalue weighted by atomic mass is 10.1. The Labute approximate surface area is 112 Å². The Hall–Kier alpha value is -1.88. The van der Waals surface area contributed by atoms with Crippen molar-refractivity contribution >= 4 is 0 Å². The van der Waals surface area contributed by atoms with Gasteiger partial charge in [0.05, 0.1) is 18.5 Å². The van der Waals surface area contributed by atoms with E-state index in [4.69, 9.17) is 4.74 Å². The van der Waals surface area contributed by atoms with E-state index >= 15 is 0 Å². The molecule has 2 rings (SSSR count). The summed E-state index contributed by atoms with van der Waals surface area (Å²) in [7, 11) is 0. The number of aromatic nitrogens is 3. The molecule has 19 heavy (non-hydrogen) atoms. The van der Waals surface area contributed by atoms with Gasteiger partial charge in [0, 0.05) is 30.1 Å². The Morgan fingerprint density at radius 1 is 1.26 bits per heavy atom. The quantitative estimate of drug-likeness (QED) is 0.896. The van der Waals surface area contributed by atoms with Crippen LogP contribution in [0.15, 0.2) is 30.9 Å². The Bertz CT molecular complexity index is 537. The van der Waals surface area contributed by atoms with Crippen LogP contribution in [-0.2, 0) is 6.54 Å². The zero-order valence-corrected chi connectivity index (χ0v) is 11.4. The van der Waals surface area contributed by atoms with Crippen molar-refractivity contribution < 1.29 is 9.84 Å². The third-order valence-corrected chi connectivity index (χ3v) is 2.71. The fourth-order valence-corrected chi connectivity index (χ4v) is 1.81. The molecule has 102 valence electrons. The van der Waals surface area contributed by atoms with E-state index in [0.717, 1.165) is 12.1 Å². The summed E-state index contributed by atoms with van der Waals surface area (Å²) in [6.45, 7) is 6.69. The Morgan fingerprint density at radius 3 is 2.68 bits per heavy atom. The number of aryl methyl sites for hydroxylation is 1. The van der Waals surface area contributed by atoms with Gasteiger partial charge in [-0.1, -0.05) is 0 Å². The van der Waals surface area contributed by atoms with Crippen LogP contribution in [0.1, 0.15) is 38.0 Å². The minimum absolute atomic E-state index is 0.0806. The minimum atomic E-state index is -0.733. The van der Waals surface area contributed by atoms with E-state index < -0.39 is 6.10 Å². The monoisotopic (exact) mass is 261 g/mol. The van der Waals surface area contributed by atoms with Crippen LogP contribution in [-0.4, -0.2) is 26.0 Å². The molecule has 5 heteroatoms. The van der Waals surface area contributed by atoms with Gasteiger partial charge in [-0.25, -0.2) is 0 Å². The number of rotatable bonds is 5. The third kappa shape index (κ3) is 3.32. The number of aliphatic hydroxyl groups is 1. The average Bonchev–Trinajstić information content (AvgIpc) is 2.86. The summed E-state index contributed by atoms with van der Waals surface area (Å²) < 4.78 is 7.35. The average molecular weight is 261 g/mol. The van der Waals surface area contributed by atoms with Crippen molar-refractivity contribution in [3.05, 3.63) is 42.0 Å². The van der Waals surface area contributed by atoms with Crippen LogP contribution in [0.4, 0.5) is 0 Å². The van der Waals surface area contributed by atoms with E-state index in [2.05, 4.69) is 10.1 Å². The second kappa shape index (κ2) is 5.84. The van der Waals surface area contributed by atoms with Crippen LogP contribution >= 0.6 is 0 Å². The summed E-state index contributed by atoms with van der Waals surface area (Å²) in [5.41, 5.74) is 1.46. The zero-order chi connectivity index (χ0) is 13.8. The molecular weight excluding hydrogens is 242 g/mol.